The SMILES string of the molecule is NCC1CC(O)C(O)[C@@H](O)[C@H]1O. The molecule has 0 aromatic rings. The van der Waals surface area contributed by atoms with Crippen molar-refractivity contribution < 1.29 is 20.4 Å². The summed E-state index contributed by atoms with van der Waals surface area (Å²) in [7, 11) is 0. The summed E-state index contributed by atoms with van der Waals surface area (Å²) in [6.07, 6.45) is -4.34. The van der Waals surface area contributed by atoms with Gasteiger partial charge in [-0.2, -0.15) is 0 Å². The molecule has 1 aliphatic carbocycles. The molecule has 12 heavy (non-hydrogen) atoms. The fourth-order valence-corrected chi connectivity index (χ4v) is 1.53. The Bertz CT molecular complexity index is 150. The summed E-state index contributed by atoms with van der Waals surface area (Å²) in [6, 6.07) is 0. The Kier molecular flexibility index (Phi) is 3.03. The average Bonchev–Trinajstić information content (AvgIpc) is 2.08. The van der Waals surface area contributed by atoms with Crippen molar-refractivity contribution in [2.45, 2.75) is 30.8 Å². The minimum atomic E-state index is -1.29. The van der Waals surface area contributed by atoms with Crippen LogP contribution >= 0.6 is 0 Å². The van der Waals surface area contributed by atoms with Gasteiger partial charge in [0, 0.05) is 5.92 Å². The van der Waals surface area contributed by atoms with Gasteiger partial charge in [0.1, 0.15) is 12.2 Å². The average molecular weight is 177 g/mol. The molecule has 72 valence electrons. The zero-order valence-electron chi connectivity index (χ0n) is 6.67. The van der Waals surface area contributed by atoms with Gasteiger partial charge in [0.2, 0.25) is 0 Å². The lowest BCUT2D eigenvalue weighted by molar-refractivity contribution is -0.155. The van der Waals surface area contributed by atoms with E-state index in [0.29, 0.717) is 0 Å². The summed E-state index contributed by atoms with van der Waals surface area (Å²) >= 11 is 0. The summed E-state index contributed by atoms with van der Waals surface area (Å²) in [5, 5.41) is 36.8. The fraction of sp³-hybridized carbons (Fsp3) is 1.00. The lowest BCUT2D eigenvalue weighted by Crippen LogP contribution is -2.55. The first-order valence-corrected chi connectivity index (χ1v) is 4.00. The molecular formula is C7H15NO4. The highest BCUT2D eigenvalue weighted by atomic mass is 16.4. The van der Waals surface area contributed by atoms with Gasteiger partial charge in [-0.1, -0.05) is 0 Å². The highest BCUT2D eigenvalue weighted by Gasteiger charge is 2.40. The second-order valence-electron chi connectivity index (χ2n) is 3.27. The van der Waals surface area contributed by atoms with Gasteiger partial charge in [-0.05, 0) is 13.0 Å². The second kappa shape index (κ2) is 3.68. The van der Waals surface area contributed by atoms with E-state index in [4.69, 9.17) is 10.8 Å². The zero-order chi connectivity index (χ0) is 9.30. The van der Waals surface area contributed by atoms with Crippen LogP contribution in [0.25, 0.3) is 0 Å². The molecule has 5 atom stereocenters. The second-order valence-corrected chi connectivity index (χ2v) is 3.27. The molecule has 0 aliphatic heterocycles. The summed E-state index contributed by atoms with van der Waals surface area (Å²) in [4.78, 5) is 0. The maximum absolute atomic E-state index is 9.32. The predicted molar refractivity (Wildman–Crippen MR) is 41.2 cm³/mol. The standard InChI is InChI=1S/C7H15NO4/c8-2-3-1-4(9)6(11)7(12)5(3)10/h3-7,9-12H,1-2,8H2/t3?,4?,5-,6?,7-/m0/s1. The van der Waals surface area contributed by atoms with E-state index in [1.54, 1.807) is 0 Å². The van der Waals surface area contributed by atoms with Gasteiger partial charge < -0.3 is 26.2 Å². The van der Waals surface area contributed by atoms with Crippen LogP contribution in [0.15, 0.2) is 0 Å². The van der Waals surface area contributed by atoms with Crippen molar-refractivity contribution in [1.82, 2.24) is 0 Å². The number of aliphatic hydroxyl groups is 4. The van der Waals surface area contributed by atoms with Gasteiger partial charge in [0.15, 0.2) is 0 Å². The van der Waals surface area contributed by atoms with Crippen LogP contribution in [-0.2, 0) is 0 Å². The van der Waals surface area contributed by atoms with E-state index in [9.17, 15) is 15.3 Å². The Balaban J connectivity index is 2.63. The zero-order valence-corrected chi connectivity index (χ0v) is 6.67. The van der Waals surface area contributed by atoms with E-state index in [-0.39, 0.29) is 18.9 Å². The lowest BCUT2D eigenvalue weighted by Gasteiger charge is -2.37. The molecule has 6 N–H and O–H groups in total. The van der Waals surface area contributed by atoms with E-state index in [0.717, 1.165) is 0 Å². The predicted octanol–water partition coefficient (Wildman–Crippen LogP) is -2.59. The fourth-order valence-electron chi connectivity index (χ4n) is 1.53. The molecule has 0 saturated heterocycles. The molecule has 0 aromatic heterocycles. The number of aliphatic hydroxyl groups excluding tert-OH is 4. The van der Waals surface area contributed by atoms with Gasteiger partial charge in [0.25, 0.3) is 0 Å². The first-order chi connectivity index (χ1) is 5.57. The summed E-state index contributed by atoms with van der Waals surface area (Å²) in [6.45, 7) is 0.196. The van der Waals surface area contributed by atoms with Crippen molar-refractivity contribution in [3.8, 4) is 0 Å². The number of hydrogen-bond acceptors (Lipinski definition) is 5. The first kappa shape index (κ1) is 9.88. The van der Waals surface area contributed by atoms with Gasteiger partial charge in [-0.3, -0.25) is 0 Å². The lowest BCUT2D eigenvalue weighted by atomic mass is 9.81. The Morgan fingerprint density at radius 1 is 1.00 bits per heavy atom. The molecule has 1 rings (SSSR count). The van der Waals surface area contributed by atoms with Gasteiger partial charge in [-0.15, -0.1) is 0 Å². The molecule has 1 fully saturated rings. The number of rotatable bonds is 1. The Morgan fingerprint density at radius 3 is 2.08 bits per heavy atom. The van der Waals surface area contributed by atoms with Crippen molar-refractivity contribution in [2.24, 2.45) is 11.7 Å². The minimum absolute atomic E-state index is 0.196. The van der Waals surface area contributed by atoms with Crippen molar-refractivity contribution in [3.05, 3.63) is 0 Å². The Morgan fingerprint density at radius 2 is 1.58 bits per heavy atom. The topological polar surface area (TPSA) is 107 Å². The van der Waals surface area contributed by atoms with Crippen molar-refractivity contribution in [2.75, 3.05) is 6.54 Å². The monoisotopic (exact) mass is 177 g/mol. The highest BCUT2D eigenvalue weighted by Crippen LogP contribution is 2.24. The third-order valence-corrected chi connectivity index (χ3v) is 2.42. The molecule has 1 aliphatic rings. The number of nitrogens with two attached hydrogens (primary N) is 1. The molecule has 1 saturated carbocycles. The van der Waals surface area contributed by atoms with Gasteiger partial charge in [-0.25, -0.2) is 0 Å². The normalized spacial score (nSPS) is 49.2. The molecule has 0 aromatic carbocycles. The van der Waals surface area contributed by atoms with E-state index in [1.807, 2.05) is 0 Å². The third kappa shape index (κ3) is 1.60. The van der Waals surface area contributed by atoms with Crippen molar-refractivity contribution in [1.29, 1.82) is 0 Å². The van der Waals surface area contributed by atoms with E-state index in [2.05, 4.69) is 0 Å². The van der Waals surface area contributed by atoms with E-state index >= 15 is 0 Å². The van der Waals surface area contributed by atoms with E-state index < -0.39 is 24.4 Å². The van der Waals surface area contributed by atoms with E-state index in [1.165, 1.54) is 0 Å². The minimum Gasteiger partial charge on any atom is -0.390 e. The molecule has 5 nitrogen and oxygen atoms in total. The summed E-state index contributed by atoms with van der Waals surface area (Å²) in [5.41, 5.74) is 5.30. The van der Waals surface area contributed by atoms with Gasteiger partial charge >= 0.3 is 0 Å². The van der Waals surface area contributed by atoms with Crippen molar-refractivity contribution in [3.63, 3.8) is 0 Å². The van der Waals surface area contributed by atoms with Crippen LogP contribution in [0.4, 0.5) is 0 Å². The maximum atomic E-state index is 9.32. The summed E-state index contributed by atoms with van der Waals surface area (Å²) < 4.78 is 0. The highest BCUT2D eigenvalue weighted by molar-refractivity contribution is 4.92. The molecule has 3 unspecified atom stereocenters. The first-order valence-electron chi connectivity index (χ1n) is 4.00. The molecular weight excluding hydrogens is 162 g/mol. The molecule has 0 bridgehead atoms. The quantitative estimate of drug-likeness (QED) is 0.302. The van der Waals surface area contributed by atoms with Crippen LogP contribution in [0.1, 0.15) is 6.42 Å². The third-order valence-electron chi connectivity index (χ3n) is 2.42. The Labute approximate surface area is 70.4 Å². The van der Waals surface area contributed by atoms with Crippen LogP contribution in [0.5, 0.6) is 0 Å². The van der Waals surface area contributed by atoms with Crippen molar-refractivity contribution >= 4 is 0 Å². The van der Waals surface area contributed by atoms with Crippen LogP contribution in [0.2, 0.25) is 0 Å². The molecule has 0 amide bonds. The maximum Gasteiger partial charge on any atom is 0.109 e. The largest absolute Gasteiger partial charge is 0.390 e. The number of hydrogen-bond donors (Lipinski definition) is 5. The van der Waals surface area contributed by atoms with Crippen LogP contribution < -0.4 is 5.73 Å². The van der Waals surface area contributed by atoms with Crippen LogP contribution in [0, 0.1) is 5.92 Å². The Hall–Kier alpha value is -0.200. The summed E-state index contributed by atoms with van der Waals surface area (Å²) in [5.74, 6) is -0.335. The molecule has 0 heterocycles. The van der Waals surface area contributed by atoms with Gasteiger partial charge in [0.05, 0.1) is 12.2 Å². The smallest absolute Gasteiger partial charge is 0.109 e. The molecule has 0 spiro atoms. The van der Waals surface area contributed by atoms with Crippen LogP contribution in [0.3, 0.4) is 0 Å². The molecule has 0 radical (unpaired) electrons. The van der Waals surface area contributed by atoms with Crippen LogP contribution in [-0.4, -0.2) is 51.4 Å². The molecule has 5 heteroatoms.